The van der Waals surface area contributed by atoms with Gasteiger partial charge < -0.3 is 31.1 Å². The molecular formula is C7H14N6O4. The van der Waals surface area contributed by atoms with E-state index in [-0.39, 0.29) is 31.3 Å². The van der Waals surface area contributed by atoms with Crippen LogP contribution in [-0.2, 0) is 0 Å². The third kappa shape index (κ3) is 3.64. The van der Waals surface area contributed by atoms with Crippen molar-refractivity contribution in [2.45, 2.75) is 0 Å². The zero-order valence-electron chi connectivity index (χ0n) is 8.91. The quantitative estimate of drug-likeness (QED) is 0.281. The number of rotatable bonds is 7. The number of aliphatic hydroxyl groups excluding tert-OH is 4. The molecule has 1 aromatic heterocycles. The smallest absolute Gasteiger partial charge is 0.235 e. The highest BCUT2D eigenvalue weighted by Gasteiger charge is 2.11. The van der Waals surface area contributed by atoms with Crippen LogP contribution in [-0.4, -0.2) is 62.3 Å². The zero-order chi connectivity index (χ0) is 12.7. The highest BCUT2D eigenvalue weighted by atomic mass is 16.3. The van der Waals surface area contributed by atoms with Crippen molar-refractivity contribution in [1.82, 2.24) is 15.0 Å². The molecule has 0 atom stereocenters. The lowest BCUT2D eigenvalue weighted by Gasteiger charge is -2.17. The summed E-state index contributed by atoms with van der Waals surface area (Å²) in [5.41, 5.74) is 0. The first-order valence-corrected chi connectivity index (χ1v) is 4.67. The normalized spacial score (nSPS) is 10.1. The second-order valence-electron chi connectivity index (χ2n) is 2.78. The summed E-state index contributed by atoms with van der Waals surface area (Å²) in [7, 11) is 0. The van der Waals surface area contributed by atoms with Crippen molar-refractivity contribution in [3.05, 3.63) is 0 Å². The maximum absolute atomic E-state index is 8.95. The van der Waals surface area contributed by atoms with E-state index in [1.54, 1.807) is 0 Å². The minimum atomic E-state index is -0.488. The first-order chi connectivity index (χ1) is 8.24. The summed E-state index contributed by atoms with van der Waals surface area (Å²) in [6, 6.07) is 0. The molecule has 0 saturated heterocycles. The molecule has 1 aromatic rings. The Morgan fingerprint density at radius 3 is 1.65 bits per heavy atom. The summed E-state index contributed by atoms with van der Waals surface area (Å²) in [6.45, 7) is -1.75. The van der Waals surface area contributed by atoms with E-state index in [1.165, 1.54) is 0 Å². The molecule has 0 saturated carbocycles. The Morgan fingerprint density at radius 1 is 0.824 bits per heavy atom. The van der Waals surface area contributed by atoms with Crippen molar-refractivity contribution in [2.24, 2.45) is 0 Å². The summed E-state index contributed by atoms with van der Waals surface area (Å²) in [4.78, 5) is 12.5. The van der Waals surface area contributed by atoms with E-state index >= 15 is 0 Å². The Hall–Kier alpha value is -1.75. The third-order valence-electron chi connectivity index (χ3n) is 1.72. The molecular weight excluding hydrogens is 232 g/mol. The second-order valence-corrected chi connectivity index (χ2v) is 2.78. The van der Waals surface area contributed by atoms with Crippen molar-refractivity contribution >= 4 is 17.8 Å². The van der Waals surface area contributed by atoms with E-state index in [0.29, 0.717) is 0 Å². The highest BCUT2D eigenvalue weighted by molar-refractivity contribution is 5.42. The summed E-state index contributed by atoms with van der Waals surface area (Å²) in [5, 5.41) is 40.1. The predicted octanol–water partition coefficient (Wildman–Crippen LogP) is -2.70. The van der Waals surface area contributed by atoms with Crippen LogP contribution in [0, 0.1) is 0 Å². The largest absolute Gasteiger partial charge is 0.376 e. The minimum Gasteiger partial charge on any atom is -0.376 e. The fourth-order valence-corrected chi connectivity index (χ4v) is 0.977. The molecule has 1 heterocycles. The number of aromatic nitrogens is 3. The number of anilines is 3. The van der Waals surface area contributed by atoms with Crippen LogP contribution in [0.2, 0.25) is 0 Å². The van der Waals surface area contributed by atoms with Crippen LogP contribution in [0.4, 0.5) is 17.8 Å². The summed E-state index contributed by atoms with van der Waals surface area (Å²) < 4.78 is 0. The van der Waals surface area contributed by atoms with E-state index < -0.39 is 13.5 Å². The molecule has 6 N–H and O–H groups in total. The van der Waals surface area contributed by atoms with Gasteiger partial charge in [0.15, 0.2) is 0 Å². The molecule has 0 aromatic carbocycles. The summed E-state index contributed by atoms with van der Waals surface area (Å²) in [6.07, 6.45) is 0. The molecule has 10 heteroatoms. The molecule has 0 amide bonds. The van der Waals surface area contributed by atoms with Gasteiger partial charge in [0.1, 0.15) is 26.9 Å². The van der Waals surface area contributed by atoms with Crippen LogP contribution in [0.25, 0.3) is 0 Å². The fraction of sp³-hybridized carbons (Fsp3) is 0.571. The monoisotopic (exact) mass is 246 g/mol. The highest BCUT2D eigenvalue weighted by Crippen LogP contribution is 2.12. The van der Waals surface area contributed by atoms with Gasteiger partial charge in [0.25, 0.3) is 0 Å². The van der Waals surface area contributed by atoms with Gasteiger partial charge in [-0.05, 0) is 0 Å². The second kappa shape index (κ2) is 6.75. The lowest BCUT2D eigenvalue weighted by atomic mass is 10.7. The average Bonchev–Trinajstić information content (AvgIpc) is 2.31. The van der Waals surface area contributed by atoms with Crippen molar-refractivity contribution in [2.75, 3.05) is 42.5 Å². The van der Waals surface area contributed by atoms with Crippen LogP contribution in [0.5, 0.6) is 0 Å². The van der Waals surface area contributed by atoms with E-state index in [2.05, 4.69) is 25.6 Å². The van der Waals surface area contributed by atoms with Gasteiger partial charge in [0, 0.05) is 0 Å². The molecule has 0 aliphatic carbocycles. The van der Waals surface area contributed by atoms with Crippen LogP contribution in [0.15, 0.2) is 0 Å². The van der Waals surface area contributed by atoms with Crippen molar-refractivity contribution in [3.63, 3.8) is 0 Å². The summed E-state index contributed by atoms with van der Waals surface area (Å²) in [5.74, 6) is 0.0811. The van der Waals surface area contributed by atoms with Crippen LogP contribution in [0.1, 0.15) is 0 Å². The average molecular weight is 246 g/mol. The van der Waals surface area contributed by atoms with Crippen LogP contribution in [0.3, 0.4) is 0 Å². The SMILES string of the molecule is OCNc1nc(NCO)nc(N(CO)CO)n1. The van der Waals surface area contributed by atoms with Crippen LogP contribution < -0.4 is 15.5 Å². The minimum absolute atomic E-state index is 0.00287. The van der Waals surface area contributed by atoms with E-state index in [9.17, 15) is 0 Å². The van der Waals surface area contributed by atoms with Gasteiger partial charge in [-0.3, -0.25) is 4.90 Å². The third-order valence-corrected chi connectivity index (χ3v) is 1.72. The van der Waals surface area contributed by atoms with Gasteiger partial charge in [0.2, 0.25) is 17.8 Å². The Morgan fingerprint density at radius 2 is 1.29 bits per heavy atom. The van der Waals surface area contributed by atoms with Gasteiger partial charge in [-0.1, -0.05) is 0 Å². The topological polar surface area (TPSA) is 147 Å². The van der Waals surface area contributed by atoms with Gasteiger partial charge in [0.05, 0.1) is 0 Å². The zero-order valence-corrected chi connectivity index (χ0v) is 8.91. The van der Waals surface area contributed by atoms with Crippen molar-refractivity contribution < 1.29 is 20.4 Å². The Balaban J connectivity index is 3.01. The van der Waals surface area contributed by atoms with Gasteiger partial charge in [-0.2, -0.15) is 15.0 Å². The maximum atomic E-state index is 8.95. The first-order valence-electron chi connectivity index (χ1n) is 4.67. The van der Waals surface area contributed by atoms with Gasteiger partial charge in [-0.25, -0.2) is 0 Å². The first kappa shape index (κ1) is 13.3. The number of nitrogens with zero attached hydrogens (tertiary/aromatic N) is 4. The number of hydrogen-bond acceptors (Lipinski definition) is 10. The lowest BCUT2D eigenvalue weighted by Crippen LogP contribution is -2.28. The van der Waals surface area contributed by atoms with Crippen LogP contribution >= 0.6 is 0 Å². The molecule has 10 nitrogen and oxygen atoms in total. The van der Waals surface area contributed by atoms with E-state index in [4.69, 9.17) is 20.4 Å². The summed E-state index contributed by atoms with van der Waals surface area (Å²) >= 11 is 0. The standard InChI is InChI=1S/C7H14N6O4/c14-1-8-5-10-6(9-2-15)12-7(11-5)13(3-16)4-17/h14-17H,1-4H2,(H2,8,9,10,11,12). The van der Waals surface area contributed by atoms with E-state index in [1.807, 2.05) is 0 Å². The lowest BCUT2D eigenvalue weighted by molar-refractivity contribution is 0.220. The Labute approximate surface area is 96.6 Å². The molecule has 0 bridgehead atoms. The van der Waals surface area contributed by atoms with Gasteiger partial charge in [-0.15, -0.1) is 0 Å². The Bertz CT molecular complexity index is 323. The molecule has 1 rings (SSSR count). The molecule has 0 aliphatic rings. The van der Waals surface area contributed by atoms with Crippen molar-refractivity contribution in [1.29, 1.82) is 0 Å². The fourth-order valence-electron chi connectivity index (χ4n) is 0.977. The predicted molar refractivity (Wildman–Crippen MR) is 57.9 cm³/mol. The number of nitrogens with one attached hydrogen (secondary N) is 2. The number of aliphatic hydroxyl groups is 4. The molecule has 0 unspecified atom stereocenters. The molecule has 96 valence electrons. The number of hydrogen-bond donors (Lipinski definition) is 6. The molecule has 0 aliphatic heterocycles. The molecule has 0 fully saturated rings. The maximum Gasteiger partial charge on any atom is 0.235 e. The molecule has 0 radical (unpaired) electrons. The Kier molecular flexibility index (Phi) is 5.29. The van der Waals surface area contributed by atoms with E-state index in [0.717, 1.165) is 4.90 Å². The molecule has 0 spiro atoms. The van der Waals surface area contributed by atoms with Crippen molar-refractivity contribution in [3.8, 4) is 0 Å². The van der Waals surface area contributed by atoms with Gasteiger partial charge >= 0.3 is 0 Å². The molecule has 17 heavy (non-hydrogen) atoms.